The van der Waals surface area contributed by atoms with E-state index in [0.29, 0.717) is 18.4 Å². The molecule has 0 aromatic heterocycles. The molecule has 1 rings (SSSR count). The third-order valence-electron chi connectivity index (χ3n) is 3.34. The highest BCUT2D eigenvalue weighted by Gasteiger charge is 2.33. The zero-order valence-corrected chi connectivity index (χ0v) is 15.3. The van der Waals surface area contributed by atoms with Crippen LogP contribution in [0, 0.1) is 5.41 Å². The Balaban J connectivity index is 2.93. The van der Waals surface area contributed by atoms with Gasteiger partial charge in [-0.3, -0.25) is 19.3 Å². The molecule has 0 saturated carbocycles. The summed E-state index contributed by atoms with van der Waals surface area (Å²) in [6.45, 7) is 4.15. The van der Waals surface area contributed by atoms with E-state index in [-0.39, 0.29) is 24.4 Å². The molecule has 2 unspecified atom stereocenters. The van der Waals surface area contributed by atoms with Crippen LogP contribution in [0.2, 0.25) is 0 Å². The summed E-state index contributed by atoms with van der Waals surface area (Å²) in [5, 5.41) is 7.41. The molecule has 1 aromatic rings. The topological polar surface area (TPSA) is 102 Å². The van der Waals surface area contributed by atoms with Crippen molar-refractivity contribution >= 4 is 19.2 Å². The molecule has 24 heavy (non-hydrogen) atoms. The van der Waals surface area contributed by atoms with Gasteiger partial charge in [-0.05, 0) is 12.8 Å². The molecule has 3 N–H and O–H groups in total. The molecule has 0 bridgehead atoms. The largest absolute Gasteiger partial charge is 0.387 e. The first-order valence-corrected chi connectivity index (χ1v) is 9.98. The Bertz CT molecular complexity index is 577. The van der Waals surface area contributed by atoms with Crippen LogP contribution in [0.3, 0.4) is 0 Å². The van der Waals surface area contributed by atoms with E-state index in [1.54, 1.807) is 24.3 Å². The number of carbonyl (C=O) groups excluding carboxylic acids is 1. The van der Waals surface area contributed by atoms with Crippen molar-refractivity contribution in [1.29, 1.82) is 5.41 Å². The molecule has 0 fully saturated rings. The number of ketones is 1. The van der Waals surface area contributed by atoms with Crippen LogP contribution in [0.1, 0.15) is 49.9 Å². The highest BCUT2D eigenvalue weighted by atomic mass is 31.2. The van der Waals surface area contributed by atoms with Crippen LogP contribution >= 0.6 is 7.60 Å². The first kappa shape index (κ1) is 20.6. The summed E-state index contributed by atoms with van der Waals surface area (Å²) in [6, 6.07) is 8.75. The van der Waals surface area contributed by atoms with E-state index in [2.05, 4.69) is 0 Å². The van der Waals surface area contributed by atoms with Gasteiger partial charge < -0.3 is 10.3 Å². The van der Waals surface area contributed by atoms with Crippen LogP contribution in [0.25, 0.3) is 0 Å². The minimum Gasteiger partial charge on any atom is -0.387 e. The zero-order valence-electron chi connectivity index (χ0n) is 14.4. The third-order valence-corrected chi connectivity index (χ3v) is 5.22. The van der Waals surface area contributed by atoms with Gasteiger partial charge in [0.2, 0.25) is 0 Å². The van der Waals surface area contributed by atoms with Gasteiger partial charge in [0.15, 0.2) is 5.78 Å². The Kier molecular flexibility index (Phi) is 8.90. The van der Waals surface area contributed by atoms with Crippen molar-refractivity contribution in [2.45, 2.75) is 45.6 Å². The van der Waals surface area contributed by atoms with Gasteiger partial charge >= 0.3 is 7.60 Å². The predicted molar refractivity (Wildman–Crippen MR) is 95.8 cm³/mol. The standard InChI is InChI=1S/C17H27N2O4P/c1-3-5-12-22-24(21,13-16(18)19)23-15(9-4-2)17(20)14-10-7-6-8-11-14/h6-8,10-11,15H,3-5,9,12-13H2,1-2H3,(H3,18,19). The monoisotopic (exact) mass is 354 g/mol. The second kappa shape index (κ2) is 10.4. The van der Waals surface area contributed by atoms with Gasteiger partial charge in [0, 0.05) is 5.56 Å². The lowest BCUT2D eigenvalue weighted by Crippen LogP contribution is -2.26. The average molecular weight is 354 g/mol. The van der Waals surface area contributed by atoms with E-state index in [4.69, 9.17) is 20.2 Å². The lowest BCUT2D eigenvalue weighted by molar-refractivity contribution is 0.0727. The maximum Gasteiger partial charge on any atom is 0.338 e. The highest BCUT2D eigenvalue weighted by Crippen LogP contribution is 2.50. The van der Waals surface area contributed by atoms with Gasteiger partial charge in [-0.25, -0.2) is 0 Å². The number of unbranched alkanes of at least 4 members (excludes halogenated alkanes) is 1. The van der Waals surface area contributed by atoms with Gasteiger partial charge in [-0.1, -0.05) is 57.0 Å². The van der Waals surface area contributed by atoms with E-state index in [1.165, 1.54) is 0 Å². The number of benzene rings is 1. The van der Waals surface area contributed by atoms with Crippen molar-refractivity contribution < 1.29 is 18.4 Å². The molecular weight excluding hydrogens is 327 g/mol. The molecule has 0 radical (unpaired) electrons. The number of carbonyl (C=O) groups is 1. The average Bonchev–Trinajstić information content (AvgIpc) is 2.54. The van der Waals surface area contributed by atoms with E-state index in [1.807, 2.05) is 19.9 Å². The molecule has 7 heteroatoms. The third kappa shape index (κ3) is 6.95. The highest BCUT2D eigenvalue weighted by molar-refractivity contribution is 7.54. The fourth-order valence-electron chi connectivity index (χ4n) is 2.15. The molecule has 0 amide bonds. The molecule has 6 nitrogen and oxygen atoms in total. The van der Waals surface area contributed by atoms with Crippen molar-refractivity contribution in [3.8, 4) is 0 Å². The van der Waals surface area contributed by atoms with E-state index >= 15 is 0 Å². The summed E-state index contributed by atoms with van der Waals surface area (Å²) < 4.78 is 23.9. The summed E-state index contributed by atoms with van der Waals surface area (Å²) in [7, 11) is -3.64. The minimum atomic E-state index is -3.64. The minimum absolute atomic E-state index is 0.236. The number of hydrogen-bond donors (Lipinski definition) is 2. The molecule has 0 spiro atoms. The van der Waals surface area contributed by atoms with Crippen LogP contribution in [-0.2, 0) is 13.6 Å². The molecule has 0 aliphatic rings. The molecule has 134 valence electrons. The first-order chi connectivity index (χ1) is 11.4. The van der Waals surface area contributed by atoms with E-state index in [0.717, 1.165) is 12.8 Å². The molecule has 0 aliphatic heterocycles. The Morgan fingerprint density at radius 1 is 1.25 bits per heavy atom. The van der Waals surface area contributed by atoms with Crippen LogP contribution in [0.4, 0.5) is 0 Å². The summed E-state index contributed by atoms with van der Waals surface area (Å²) in [5.41, 5.74) is 5.88. The number of nitrogens with one attached hydrogen (secondary N) is 1. The van der Waals surface area contributed by atoms with E-state index < -0.39 is 13.7 Å². The predicted octanol–water partition coefficient (Wildman–Crippen LogP) is 4.00. The number of rotatable bonds is 12. The fraction of sp³-hybridized carbons (Fsp3) is 0.529. The second-order valence-corrected chi connectivity index (χ2v) is 7.60. The van der Waals surface area contributed by atoms with Gasteiger partial charge in [-0.2, -0.15) is 0 Å². The smallest absolute Gasteiger partial charge is 0.338 e. The fourth-order valence-corrected chi connectivity index (χ4v) is 3.79. The molecule has 0 aliphatic carbocycles. The number of Topliss-reactive ketones (excluding diaryl/α,β-unsaturated/α-hetero) is 1. The number of amidine groups is 1. The van der Waals surface area contributed by atoms with Crippen LogP contribution < -0.4 is 5.73 Å². The Labute approximate surface area is 143 Å². The van der Waals surface area contributed by atoms with Crippen LogP contribution in [0.5, 0.6) is 0 Å². The maximum absolute atomic E-state index is 12.9. The quantitative estimate of drug-likeness (QED) is 0.194. The summed E-state index contributed by atoms with van der Waals surface area (Å²) in [5.74, 6) is -0.516. The van der Waals surface area contributed by atoms with Crippen molar-refractivity contribution in [2.75, 3.05) is 12.8 Å². The van der Waals surface area contributed by atoms with Gasteiger partial charge in [0.1, 0.15) is 18.1 Å². The van der Waals surface area contributed by atoms with Gasteiger partial charge in [-0.15, -0.1) is 0 Å². The normalized spacial score (nSPS) is 14.8. The molecule has 2 atom stereocenters. The Morgan fingerprint density at radius 3 is 2.46 bits per heavy atom. The van der Waals surface area contributed by atoms with Gasteiger partial charge in [0.25, 0.3) is 0 Å². The molecular formula is C17H27N2O4P. The van der Waals surface area contributed by atoms with Crippen LogP contribution in [0.15, 0.2) is 30.3 Å². The van der Waals surface area contributed by atoms with Crippen molar-refractivity contribution in [3.63, 3.8) is 0 Å². The van der Waals surface area contributed by atoms with Crippen LogP contribution in [-0.4, -0.2) is 30.5 Å². The lowest BCUT2D eigenvalue weighted by atomic mass is 10.0. The maximum atomic E-state index is 12.9. The first-order valence-electron chi connectivity index (χ1n) is 8.26. The summed E-state index contributed by atoms with van der Waals surface area (Å²) >= 11 is 0. The molecule has 1 aromatic carbocycles. The van der Waals surface area contributed by atoms with Crippen molar-refractivity contribution in [3.05, 3.63) is 35.9 Å². The summed E-state index contributed by atoms with van der Waals surface area (Å²) in [6.07, 6.45) is 1.53. The van der Waals surface area contributed by atoms with Gasteiger partial charge in [0.05, 0.1) is 6.61 Å². The SMILES string of the molecule is CCCCOP(=O)(CC(=N)N)OC(CCC)C(=O)c1ccccc1. The summed E-state index contributed by atoms with van der Waals surface area (Å²) in [4.78, 5) is 12.6. The second-order valence-electron chi connectivity index (χ2n) is 5.59. The molecule has 0 saturated heterocycles. The Hall–Kier alpha value is -1.49. The van der Waals surface area contributed by atoms with Crippen molar-refractivity contribution in [1.82, 2.24) is 0 Å². The molecule has 0 heterocycles. The Morgan fingerprint density at radius 2 is 1.92 bits per heavy atom. The lowest BCUT2D eigenvalue weighted by Gasteiger charge is -2.23. The van der Waals surface area contributed by atoms with E-state index in [9.17, 15) is 9.36 Å². The zero-order chi connectivity index (χ0) is 18.0. The number of hydrogen-bond acceptors (Lipinski definition) is 5. The van der Waals surface area contributed by atoms with Crippen molar-refractivity contribution in [2.24, 2.45) is 5.73 Å². The number of nitrogens with two attached hydrogens (primary N) is 1.